The van der Waals surface area contributed by atoms with Crippen LogP contribution in [0.25, 0.3) is 0 Å². The van der Waals surface area contributed by atoms with Crippen LogP contribution in [0.2, 0.25) is 0 Å². The number of alkyl carbamates (subject to hydrolysis) is 1. The first-order chi connectivity index (χ1) is 13.4. The Morgan fingerprint density at radius 3 is 2.28 bits per heavy atom. The summed E-state index contributed by atoms with van der Waals surface area (Å²) in [5, 5.41) is 8.18. The van der Waals surface area contributed by atoms with E-state index in [1.54, 1.807) is 32.9 Å². The zero-order chi connectivity index (χ0) is 22.1. The molecule has 0 atom stereocenters. The lowest BCUT2D eigenvalue weighted by Crippen LogP contribution is -2.34. The van der Waals surface area contributed by atoms with E-state index in [-0.39, 0.29) is 30.2 Å². The molecule has 0 unspecified atom stereocenters. The molecule has 29 heavy (non-hydrogen) atoms. The molecule has 3 N–H and O–H groups in total. The largest absolute Gasteiger partial charge is 0.444 e. The van der Waals surface area contributed by atoms with Crippen molar-refractivity contribution in [2.24, 2.45) is 5.41 Å². The zero-order valence-corrected chi connectivity index (χ0v) is 18.2. The van der Waals surface area contributed by atoms with Gasteiger partial charge in [0.1, 0.15) is 5.60 Å². The van der Waals surface area contributed by atoms with Crippen LogP contribution in [0.15, 0.2) is 36.4 Å². The van der Waals surface area contributed by atoms with E-state index in [1.807, 2.05) is 39.0 Å². The number of anilines is 1. The fourth-order valence-corrected chi connectivity index (χ4v) is 2.17. The van der Waals surface area contributed by atoms with Crippen LogP contribution in [-0.4, -0.2) is 30.1 Å². The Morgan fingerprint density at radius 2 is 1.66 bits per heavy atom. The lowest BCUT2D eigenvalue weighted by molar-refractivity contribution is -0.117. The number of benzene rings is 1. The van der Waals surface area contributed by atoms with Gasteiger partial charge in [-0.05, 0) is 43.9 Å². The topological polar surface area (TPSA) is 96.5 Å². The van der Waals surface area contributed by atoms with E-state index in [0.717, 1.165) is 5.56 Å². The summed E-state index contributed by atoms with van der Waals surface area (Å²) in [6, 6.07) is 7.25. The van der Waals surface area contributed by atoms with E-state index >= 15 is 0 Å². The van der Waals surface area contributed by atoms with Crippen molar-refractivity contribution in [1.82, 2.24) is 10.6 Å². The quantitative estimate of drug-likeness (QED) is 0.604. The molecule has 0 bridgehead atoms. The van der Waals surface area contributed by atoms with Crippen molar-refractivity contribution in [2.45, 2.75) is 60.1 Å². The highest BCUT2D eigenvalue weighted by molar-refractivity contribution is 5.92. The van der Waals surface area contributed by atoms with Crippen molar-refractivity contribution < 1.29 is 19.1 Å². The van der Waals surface area contributed by atoms with E-state index in [9.17, 15) is 14.4 Å². The summed E-state index contributed by atoms with van der Waals surface area (Å²) in [6.07, 6.45) is 2.91. The minimum absolute atomic E-state index is 0.0729. The molecule has 0 spiro atoms. The van der Waals surface area contributed by atoms with Gasteiger partial charge < -0.3 is 20.7 Å². The Kier molecular flexibility index (Phi) is 8.88. The number of hydrogen-bond acceptors (Lipinski definition) is 4. The minimum atomic E-state index is -0.586. The van der Waals surface area contributed by atoms with Gasteiger partial charge in [-0.15, -0.1) is 0 Å². The number of rotatable bonds is 7. The third kappa shape index (κ3) is 11.6. The summed E-state index contributed by atoms with van der Waals surface area (Å²) in [5.74, 6) is -0.435. The fraction of sp³-hybridized carbons (Fsp3) is 0.500. The predicted octanol–water partition coefficient (Wildman–Crippen LogP) is 3.76. The van der Waals surface area contributed by atoms with Crippen LogP contribution in [0.1, 0.15) is 53.5 Å². The van der Waals surface area contributed by atoms with Crippen molar-refractivity contribution in [1.29, 1.82) is 0 Å². The molecule has 1 rings (SSSR count). The second kappa shape index (κ2) is 10.6. The summed E-state index contributed by atoms with van der Waals surface area (Å²) in [4.78, 5) is 35.8. The van der Waals surface area contributed by atoms with E-state index < -0.39 is 11.7 Å². The van der Waals surface area contributed by atoms with E-state index in [2.05, 4.69) is 16.0 Å². The molecule has 1 aromatic rings. The lowest BCUT2D eigenvalue weighted by atomic mass is 9.96. The van der Waals surface area contributed by atoms with Gasteiger partial charge in [-0.25, -0.2) is 4.79 Å². The number of carbonyl (C=O) groups excluding carboxylic acids is 3. The van der Waals surface area contributed by atoms with Crippen LogP contribution >= 0.6 is 0 Å². The van der Waals surface area contributed by atoms with Crippen LogP contribution in [0.5, 0.6) is 0 Å². The number of amides is 3. The summed E-state index contributed by atoms with van der Waals surface area (Å²) < 4.78 is 5.12. The van der Waals surface area contributed by atoms with Gasteiger partial charge in [-0.2, -0.15) is 0 Å². The highest BCUT2D eigenvalue weighted by Crippen LogP contribution is 2.16. The average molecular weight is 404 g/mol. The molecule has 0 fully saturated rings. The predicted molar refractivity (Wildman–Crippen MR) is 114 cm³/mol. The van der Waals surface area contributed by atoms with E-state index in [4.69, 9.17) is 4.74 Å². The van der Waals surface area contributed by atoms with Crippen LogP contribution in [0, 0.1) is 5.41 Å². The van der Waals surface area contributed by atoms with Gasteiger partial charge >= 0.3 is 6.09 Å². The summed E-state index contributed by atoms with van der Waals surface area (Å²) in [5.41, 5.74) is 0.752. The molecule has 0 saturated carbocycles. The van der Waals surface area contributed by atoms with Crippen LogP contribution in [0.4, 0.5) is 10.5 Å². The monoisotopic (exact) mass is 403 g/mol. The molecular weight excluding hydrogens is 370 g/mol. The number of ether oxygens (including phenoxy) is 1. The Balaban J connectivity index is 2.52. The molecule has 0 radical (unpaired) electrons. The Bertz CT molecular complexity index is 743. The second-order valence-electron chi connectivity index (χ2n) is 8.80. The third-order valence-corrected chi connectivity index (χ3v) is 3.50. The second-order valence-corrected chi connectivity index (χ2v) is 8.80. The summed E-state index contributed by atoms with van der Waals surface area (Å²) in [7, 11) is 0. The van der Waals surface area contributed by atoms with E-state index in [1.165, 1.54) is 6.08 Å². The maximum Gasteiger partial charge on any atom is 0.407 e. The minimum Gasteiger partial charge on any atom is -0.444 e. The molecule has 0 aliphatic rings. The zero-order valence-electron chi connectivity index (χ0n) is 18.2. The normalized spacial score (nSPS) is 11.8. The van der Waals surface area contributed by atoms with Gasteiger partial charge in [-0.1, -0.05) is 45.0 Å². The van der Waals surface area contributed by atoms with Crippen LogP contribution in [0.3, 0.4) is 0 Å². The maximum absolute atomic E-state index is 12.2. The standard InChI is InChI=1S/C22H33N3O4/c1-21(2,3)13-11-18(26)24-15-16-9-7-8-10-17(16)25-19(27)12-14-23-20(28)29-22(4,5)6/h7-11,13H,12,14-15H2,1-6H3,(H,23,28)(H,24,26)(H,25,27)/b13-11+. The first kappa shape index (κ1) is 24.2. The third-order valence-electron chi connectivity index (χ3n) is 3.50. The molecule has 7 nitrogen and oxygen atoms in total. The summed E-state index contributed by atoms with van der Waals surface area (Å²) in [6.45, 7) is 11.8. The number of allylic oxidation sites excluding steroid dienone is 1. The van der Waals surface area contributed by atoms with E-state index in [0.29, 0.717) is 12.2 Å². The Labute approximate surface area is 173 Å². The average Bonchev–Trinajstić information content (AvgIpc) is 2.57. The molecular formula is C22H33N3O4. The lowest BCUT2D eigenvalue weighted by Gasteiger charge is -2.19. The van der Waals surface area contributed by atoms with Crippen molar-refractivity contribution >= 4 is 23.6 Å². The van der Waals surface area contributed by atoms with Gasteiger partial charge in [0.05, 0.1) is 0 Å². The first-order valence-electron chi connectivity index (χ1n) is 9.67. The van der Waals surface area contributed by atoms with Gasteiger partial charge in [0.25, 0.3) is 0 Å². The molecule has 3 amide bonds. The molecule has 0 aliphatic heterocycles. The summed E-state index contributed by atoms with van der Waals surface area (Å²) >= 11 is 0. The molecule has 0 aliphatic carbocycles. The van der Waals surface area contributed by atoms with Gasteiger partial charge in [0.15, 0.2) is 0 Å². The molecule has 7 heteroatoms. The van der Waals surface area contributed by atoms with Crippen molar-refractivity contribution in [3.8, 4) is 0 Å². The van der Waals surface area contributed by atoms with Crippen molar-refractivity contribution in [3.63, 3.8) is 0 Å². The van der Waals surface area contributed by atoms with Gasteiger partial charge in [0, 0.05) is 25.2 Å². The van der Waals surface area contributed by atoms with Gasteiger partial charge in [0.2, 0.25) is 11.8 Å². The number of para-hydroxylation sites is 1. The molecule has 0 saturated heterocycles. The highest BCUT2D eigenvalue weighted by atomic mass is 16.6. The van der Waals surface area contributed by atoms with Gasteiger partial charge in [-0.3, -0.25) is 9.59 Å². The van der Waals surface area contributed by atoms with Crippen LogP contribution < -0.4 is 16.0 Å². The Morgan fingerprint density at radius 1 is 1.00 bits per heavy atom. The van der Waals surface area contributed by atoms with Crippen molar-refractivity contribution in [2.75, 3.05) is 11.9 Å². The molecule has 160 valence electrons. The molecule has 0 aromatic heterocycles. The maximum atomic E-state index is 12.2. The number of hydrogen-bond donors (Lipinski definition) is 3. The number of nitrogens with one attached hydrogen (secondary N) is 3. The fourth-order valence-electron chi connectivity index (χ4n) is 2.17. The SMILES string of the molecule is CC(C)(C)/C=C/C(=O)NCc1ccccc1NC(=O)CCNC(=O)OC(C)(C)C. The van der Waals surface area contributed by atoms with Crippen LogP contribution in [-0.2, 0) is 20.9 Å². The highest BCUT2D eigenvalue weighted by Gasteiger charge is 2.16. The smallest absolute Gasteiger partial charge is 0.407 e. The first-order valence-corrected chi connectivity index (χ1v) is 9.67. The Hall–Kier alpha value is -2.83. The van der Waals surface area contributed by atoms with Crippen molar-refractivity contribution in [3.05, 3.63) is 42.0 Å². The molecule has 0 heterocycles. The number of carbonyl (C=O) groups is 3. The molecule has 1 aromatic carbocycles.